The van der Waals surface area contributed by atoms with E-state index >= 15 is 0 Å². The molecule has 0 spiro atoms. The minimum atomic E-state index is -4.08. The van der Waals surface area contributed by atoms with Crippen molar-refractivity contribution in [3.63, 3.8) is 0 Å². The van der Waals surface area contributed by atoms with E-state index in [1.807, 2.05) is 0 Å². The summed E-state index contributed by atoms with van der Waals surface area (Å²) >= 11 is 0. The van der Waals surface area contributed by atoms with Crippen molar-refractivity contribution in [3.8, 4) is 0 Å². The Balaban J connectivity index is 0.000000208. The fourth-order valence-electron chi connectivity index (χ4n) is 8.19. The molecular formula is C36H66CrO12P3. The van der Waals surface area contributed by atoms with Gasteiger partial charge in [0.2, 0.25) is 0 Å². The fraction of sp³-hybridized carbons (Fsp3) is 1.00. The Morgan fingerprint density at radius 1 is 0.269 bits per heavy atom. The van der Waals surface area contributed by atoms with Crippen LogP contribution in [-0.2, 0) is 58.2 Å². The second-order valence-electron chi connectivity index (χ2n) is 15.5. The first-order chi connectivity index (χ1) is 24.5. The van der Waals surface area contributed by atoms with Gasteiger partial charge in [-0.1, -0.05) is 116 Å². The molecular weight excluding hydrogens is 769 g/mol. The van der Waals surface area contributed by atoms with Crippen LogP contribution in [0.15, 0.2) is 0 Å². The quantitative estimate of drug-likeness (QED) is 0.171. The topological polar surface area (TPSA) is 176 Å². The van der Waals surface area contributed by atoms with E-state index in [4.69, 9.17) is 27.1 Å². The standard InChI is InChI=1S/3C12H23O4P.Cr/c3*13-17(14,15-11-7-3-1-4-8-11)16-12-9-5-2-6-10-12;/h3*11-12H,1-10H2,(H,13,14);/q;;;+3/p-3. The molecule has 0 aliphatic heterocycles. The Morgan fingerprint density at radius 2 is 0.385 bits per heavy atom. The maximum Gasteiger partial charge on any atom is 3.00 e. The second-order valence-corrected chi connectivity index (χ2v) is 19.5. The van der Waals surface area contributed by atoms with E-state index in [9.17, 15) is 28.4 Å². The van der Waals surface area contributed by atoms with Crippen molar-refractivity contribution in [2.75, 3.05) is 0 Å². The van der Waals surface area contributed by atoms with Crippen molar-refractivity contribution in [1.82, 2.24) is 0 Å². The second kappa shape index (κ2) is 25.3. The Labute approximate surface area is 324 Å². The zero-order valence-electron chi connectivity index (χ0n) is 31.3. The molecule has 0 aromatic heterocycles. The van der Waals surface area contributed by atoms with E-state index in [0.29, 0.717) is 0 Å². The van der Waals surface area contributed by atoms with Crippen LogP contribution in [0.3, 0.4) is 0 Å². The molecule has 6 aliphatic carbocycles. The predicted molar refractivity (Wildman–Crippen MR) is 191 cm³/mol. The Bertz CT molecular complexity index is 877. The largest absolute Gasteiger partial charge is 3.00 e. The van der Waals surface area contributed by atoms with Crippen LogP contribution in [0.4, 0.5) is 0 Å². The molecule has 0 saturated heterocycles. The van der Waals surface area contributed by atoms with E-state index in [2.05, 4.69) is 0 Å². The summed E-state index contributed by atoms with van der Waals surface area (Å²) in [6.07, 6.45) is 29.2. The van der Waals surface area contributed by atoms with Gasteiger partial charge in [0.15, 0.2) is 0 Å². The SMILES string of the molecule is O=P([O-])(OC1CCCCC1)OC1CCCCC1.O=P([O-])(OC1CCCCC1)OC1CCCCC1.O=P([O-])(OC1CCCCC1)OC1CCCCC1.[Cr+3]. The number of phosphoric ester groups is 3. The smallest absolute Gasteiger partial charge is 0.756 e. The third-order valence-electron chi connectivity index (χ3n) is 11.0. The van der Waals surface area contributed by atoms with Crippen molar-refractivity contribution < 1.29 is 72.9 Å². The van der Waals surface area contributed by atoms with Crippen LogP contribution in [-0.4, -0.2) is 36.6 Å². The molecule has 0 aromatic carbocycles. The molecule has 12 nitrogen and oxygen atoms in total. The molecule has 6 rings (SSSR count). The van der Waals surface area contributed by atoms with E-state index in [0.717, 1.165) is 154 Å². The molecule has 6 aliphatic rings. The molecule has 0 N–H and O–H groups in total. The van der Waals surface area contributed by atoms with Gasteiger partial charge in [-0.25, -0.2) is 0 Å². The third-order valence-corrected chi connectivity index (χ3v) is 14.3. The van der Waals surface area contributed by atoms with Gasteiger partial charge >= 0.3 is 17.4 Å². The van der Waals surface area contributed by atoms with Gasteiger partial charge in [0, 0.05) is 0 Å². The summed E-state index contributed by atoms with van der Waals surface area (Å²) in [5, 5.41) is 0. The van der Waals surface area contributed by atoms with Gasteiger partial charge in [-0.3, -0.25) is 13.7 Å². The Morgan fingerprint density at radius 3 is 0.500 bits per heavy atom. The van der Waals surface area contributed by atoms with Crippen molar-refractivity contribution >= 4 is 23.5 Å². The van der Waals surface area contributed by atoms with Crippen LogP contribution < -0.4 is 14.7 Å². The number of hydrogen-bond donors (Lipinski definition) is 0. The maximum absolute atomic E-state index is 11.8. The summed E-state index contributed by atoms with van der Waals surface area (Å²) in [4.78, 5) is 35.3. The monoisotopic (exact) mass is 835 g/mol. The van der Waals surface area contributed by atoms with Crippen LogP contribution >= 0.6 is 23.5 Å². The molecule has 6 saturated carbocycles. The van der Waals surface area contributed by atoms with Gasteiger partial charge in [0.1, 0.15) is 0 Å². The molecule has 0 heterocycles. The van der Waals surface area contributed by atoms with E-state index in [1.165, 1.54) is 38.5 Å². The summed E-state index contributed by atoms with van der Waals surface area (Å²) in [6, 6.07) is 0. The molecule has 52 heavy (non-hydrogen) atoms. The molecule has 0 unspecified atom stereocenters. The van der Waals surface area contributed by atoms with Crippen LogP contribution in [0.25, 0.3) is 0 Å². The number of rotatable bonds is 12. The predicted octanol–water partition coefficient (Wildman–Crippen LogP) is 9.46. The van der Waals surface area contributed by atoms with Gasteiger partial charge in [-0.15, -0.1) is 0 Å². The number of hydrogen-bond acceptors (Lipinski definition) is 12. The minimum absolute atomic E-state index is 0. The minimum Gasteiger partial charge on any atom is -0.756 e. The van der Waals surface area contributed by atoms with Crippen molar-refractivity contribution in [2.45, 2.75) is 229 Å². The van der Waals surface area contributed by atoms with E-state index in [-0.39, 0.29) is 54.0 Å². The fourth-order valence-corrected chi connectivity index (χ4v) is 11.8. The zero-order chi connectivity index (χ0) is 36.4. The molecule has 6 fully saturated rings. The van der Waals surface area contributed by atoms with Crippen LogP contribution in [0.1, 0.15) is 193 Å². The summed E-state index contributed by atoms with van der Waals surface area (Å²) < 4.78 is 66.2. The normalized spacial score (nSPS) is 24.5. The molecule has 0 aromatic rings. The van der Waals surface area contributed by atoms with Crippen LogP contribution in [0, 0.1) is 0 Å². The zero-order valence-corrected chi connectivity index (χ0v) is 35.3. The molecule has 16 heteroatoms. The average Bonchev–Trinajstić information content (AvgIpc) is 3.10. The molecule has 303 valence electrons. The average molecular weight is 836 g/mol. The molecule has 0 amide bonds. The Kier molecular flexibility index (Phi) is 23.0. The van der Waals surface area contributed by atoms with Crippen molar-refractivity contribution in [3.05, 3.63) is 0 Å². The third kappa shape index (κ3) is 20.3. The van der Waals surface area contributed by atoms with Crippen LogP contribution in [0.5, 0.6) is 0 Å². The summed E-state index contributed by atoms with van der Waals surface area (Å²) in [6.45, 7) is 0. The van der Waals surface area contributed by atoms with Crippen LogP contribution in [0.2, 0.25) is 0 Å². The number of phosphoric acid groups is 3. The Hall–Kier alpha value is 0.862. The van der Waals surface area contributed by atoms with E-state index in [1.54, 1.807) is 0 Å². The summed E-state index contributed by atoms with van der Waals surface area (Å²) in [5.41, 5.74) is 0. The maximum atomic E-state index is 11.8. The van der Waals surface area contributed by atoms with E-state index < -0.39 is 23.5 Å². The summed E-state index contributed by atoms with van der Waals surface area (Å²) in [7, 11) is -12.2. The van der Waals surface area contributed by atoms with Crippen molar-refractivity contribution in [2.24, 2.45) is 0 Å². The first-order valence-electron chi connectivity index (χ1n) is 20.5. The molecule has 1 radical (unpaired) electrons. The van der Waals surface area contributed by atoms with Gasteiger partial charge < -0.3 is 41.8 Å². The first kappa shape index (κ1) is 47.2. The van der Waals surface area contributed by atoms with Crippen molar-refractivity contribution in [1.29, 1.82) is 0 Å². The van der Waals surface area contributed by atoms with Gasteiger partial charge in [0.05, 0.1) is 36.6 Å². The molecule has 0 bridgehead atoms. The van der Waals surface area contributed by atoms with Gasteiger partial charge in [-0.05, 0) is 77.0 Å². The van der Waals surface area contributed by atoms with Gasteiger partial charge in [0.25, 0.3) is 23.5 Å². The first-order valence-corrected chi connectivity index (χ1v) is 24.9. The van der Waals surface area contributed by atoms with Gasteiger partial charge in [-0.2, -0.15) is 0 Å². The molecule has 0 atom stereocenters. The summed E-state index contributed by atoms with van der Waals surface area (Å²) in [5.74, 6) is 0.